The van der Waals surface area contributed by atoms with Crippen LogP contribution in [-0.4, -0.2) is 12.6 Å². The van der Waals surface area contributed by atoms with Crippen LogP contribution in [0.15, 0.2) is 54.6 Å². The highest BCUT2D eigenvalue weighted by Gasteiger charge is 2.21. The molecule has 1 saturated carbocycles. The van der Waals surface area contributed by atoms with E-state index < -0.39 is 0 Å². The van der Waals surface area contributed by atoms with Crippen LogP contribution in [0.2, 0.25) is 0 Å². The third kappa shape index (κ3) is 3.59. The van der Waals surface area contributed by atoms with Crippen LogP contribution < -0.4 is 15.8 Å². The van der Waals surface area contributed by atoms with Crippen LogP contribution in [0.3, 0.4) is 0 Å². The van der Waals surface area contributed by atoms with Gasteiger partial charge in [0.15, 0.2) is 0 Å². The van der Waals surface area contributed by atoms with Crippen molar-refractivity contribution in [2.75, 3.05) is 6.54 Å². The number of para-hydroxylation sites is 1. The molecule has 2 aromatic carbocycles. The molecule has 104 valence electrons. The van der Waals surface area contributed by atoms with E-state index in [-0.39, 0.29) is 6.04 Å². The molecule has 1 aliphatic rings. The summed E-state index contributed by atoms with van der Waals surface area (Å²) in [7, 11) is 0. The van der Waals surface area contributed by atoms with Gasteiger partial charge in [-0.1, -0.05) is 30.3 Å². The molecule has 0 spiro atoms. The van der Waals surface area contributed by atoms with Crippen molar-refractivity contribution in [2.45, 2.75) is 24.9 Å². The first kappa shape index (κ1) is 13.2. The Hall–Kier alpha value is -1.84. The predicted molar refractivity (Wildman–Crippen MR) is 80.9 cm³/mol. The van der Waals surface area contributed by atoms with Crippen LogP contribution in [0.1, 0.15) is 24.4 Å². The Bertz CT molecular complexity index is 535. The second kappa shape index (κ2) is 6.07. The second-order valence-corrected chi connectivity index (χ2v) is 5.27. The van der Waals surface area contributed by atoms with E-state index in [2.05, 4.69) is 5.32 Å². The van der Waals surface area contributed by atoms with E-state index in [1.807, 2.05) is 54.6 Å². The van der Waals surface area contributed by atoms with Crippen molar-refractivity contribution in [1.29, 1.82) is 0 Å². The van der Waals surface area contributed by atoms with Gasteiger partial charge in [-0.2, -0.15) is 0 Å². The van der Waals surface area contributed by atoms with Crippen LogP contribution in [0.4, 0.5) is 0 Å². The average molecular weight is 268 g/mol. The van der Waals surface area contributed by atoms with Crippen LogP contribution in [0, 0.1) is 0 Å². The second-order valence-electron chi connectivity index (χ2n) is 5.27. The molecule has 20 heavy (non-hydrogen) atoms. The summed E-state index contributed by atoms with van der Waals surface area (Å²) in [6.07, 6.45) is 2.58. The van der Waals surface area contributed by atoms with Gasteiger partial charge in [-0.25, -0.2) is 0 Å². The predicted octanol–water partition coefficient (Wildman–Crippen LogP) is 3.23. The summed E-state index contributed by atoms with van der Waals surface area (Å²) in [4.78, 5) is 0. The zero-order valence-corrected chi connectivity index (χ0v) is 11.5. The summed E-state index contributed by atoms with van der Waals surface area (Å²) in [6.45, 7) is 0.837. The van der Waals surface area contributed by atoms with Gasteiger partial charge < -0.3 is 15.8 Å². The molecule has 0 radical (unpaired) electrons. The highest BCUT2D eigenvalue weighted by Crippen LogP contribution is 2.23. The van der Waals surface area contributed by atoms with Gasteiger partial charge in [0.1, 0.15) is 11.5 Å². The number of nitrogens with two attached hydrogens (primary N) is 1. The van der Waals surface area contributed by atoms with E-state index in [4.69, 9.17) is 10.5 Å². The summed E-state index contributed by atoms with van der Waals surface area (Å²) in [5.41, 5.74) is 7.31. The lowest BCUT2D eigenvalue weighted by molar-refractivity contribution is 0.482. The molecular weight excluding hydrogens is 248 g/mol. The number of ether oxygens (including phenoxy) is 1. The summed E-state index contributed by atoms with van der Waals surface area (Å²) in [5.74, 6) is 1.68. The van der Waals surface area contributed by atoms with Crippen LogP contribution in [0.25, 0.3) is 0 Å². The summed E-state index contributed by atoms with van der Waals surface area (Å²) in [6, 6.07) is 18.5. The molecular formula is C17H20N2O. The first-order valence-electron chi connectivity index (χ1n) is 7.13. The molecule has 0 aliphatic heterocycles. The lowest BCUT2D eigenvalue weighted by Crippen LogP contribution is -2.28. The Balaban J connectivity index is 1.58. The maximum absolute atomic E-state index is 6.17. The monoisotopic (exact) mass is 268 g/mol. The number of nitrogens with one attached hydrogen (secondary N) is 1. The molecule has 1 fully saturated rings. The van der Waals surface area contributed by atoms with Crippen molar-refractivity contribution in [1.82, 2.24) is 5.32 Å². The highest BCUT2D eigenvalue weighted by molar-refractivity contribution is 5.33. The zero-order valence-electron chi connectivity index (χ0n) is 11.5. The number of benzene rings is 2. The molecule has 2 aromatic rings. The molecule has 0 aromatic heterocycles. The van der Waals surface area contributed by atoms with E-state index in [9.17, 15) is 0 Å². The molecule has 3 N–H and O–H groups in total. The van der Waals surface area contributed by atoms with E-state index in [1.54, 1.807) is 0 Å². The fourth-order valence-electron chi connectivity index (χ4n) is 2.11. The molecule has 3 nitrogen and oxygen atoms in total. The number of hydrogen-bond acceptors (Lipinski definition) is 3. The maximum atomic E-state index is 6.17. The average Bonchev–Trinajstić information content (AvgIpc) is 3.31. The fourth-order valence-corrected chi connectivity index (χ4v) is 2.11. The Morgan fingerprint density at radius 1 is 1.00 bits per heavy atom. The third-order valence-electron chi connectivity index (χ3n) is 3.49. The molecule has 1 atom stereocenters. The third-order valence-corrected chi connectivity index (χ3v) is 3.49. The number of hydrogen-bond donors (Lipinski definition) is 2. The molecule has 1 unspecified atom stereocenters. The van der Waals surface area contributed by atoms with Crippen molar-refractivity contribution < 1.29 is 4.74 Å². The Kier molecular flexibility index (Phi) is 4.00. The normalized spacial score (nSPS) is 15.8. The molecule has 3 heteroatoms. The van der Waals surface area contributed by atoms with Crippen LogP contribution in [0.5, 0.6) is 11.5 Å². The van der Waals surface area contributed by atoms with Gasteiger partial charge >= 0.3 is 0 Å². The Labute approximate surface area is 119 Å². The maximum Gasteiger partial charge on any atom is 0.127 e. The lowest BCUT2D eigenvalue weighted by Gasteiger charge is -2.13. The van der Waals surface area contributed by atoms with Gasteiger partial charge in [0.25, 0.3) is 0 Å². The molecule has 0 saturated heterocycles. The minimum atomic E-state index is 0.0429. The molecule has 0 heterocycles. The zero-order chi connectivity index (χ0) is 13.8. The van der Waals surface area contributed by atoms with Gasteiger partial charge in [0.05, 0.1) is 0 Å². The smallest absolute Gasteiger partial charge is 0.127 e. The number of rotatable bonds is 6. The van der Waals surface area contributed by atoms with Crippen LogP contribution in [-0.2, 0) is 0 Å². The van der Waals surface area contributed by atoms with E-state index in [0.29, 0.717) is 6.04 Å². The molecule has 3 rings (SSSR count). The van der Waals surface area contributed by atoms with E-state index in [1.165, 1.54) is 12.8 Å². The molecule has 0 amide bonds. The Morgan fingerprint density at radius 3 is 2.30 bits per heavy atom. The minimum Gasteiger partial charge on any atom is -0.457 e. The Morgan fingerprint density at radius 2 is 1.65 bits per heavy atom. The van der Waals surface area contributed by atoms with Crippen molar-refractivity contribution in [3.05, 3.63) is 60.2 Å². The van der Waals surface area contributed by atoms with Crippen molar-refractivity contribution in [3.8, 4) is 11.5 Å². The van der Waals surface area contributed by atoms with Crippen molar-refractivity contribution >= 4 is 0 Å². The SMILES string of the molecule is NC(CNC1CC1)c1ccc(Oc2ccccc2)cc1. The largest absolute Gasteiger partial charge is 0.457 e. The molecule has 0 bridgehead atoms. The fraction of sp³-hybridized carbons (Fsp3) is 0.294. The summed E-state index contributed by atoms with van der Waals surface area (Å²) in [5, 5.41) is 3.45. The quantitative estimate of drug-likeness (QED) is 0.845. The first-order valence-corrected chi connectivity index (χ1v) is 7.13. The minimum absolute atomic E-state index is 0.0429. The van der Waals surface area contributed by atoms with Gasteiger partial charge in [0.2, 0.25) is 0 Å². The summed E-state index contributed by atoms with van der Waals surface area (Å²) >= 11 is 0. The van der Waals surface area contributed by atoms with Gasteiger partial charge in [-0.15, -0.1) is 0 Å². The standard InChI is InChI=1S/C17H20N2O/c18-17(12-19-14-8-9-14)13-6-10-16(11-7-13)20-15-4-2-1-3-5-15/h1-7,10-11,14,17,19H,8-9,12,18H2. The van der Waals surface area contributed by atoms with E-state index >= 15 is 0 Å². The van der Waals surface area contributed by atoms with Gasteiger partial charge in [-0.3, -0.25) is 0 Å². The van der Waals surface area contributed by atoms with Crippen molar-refractivity contribution in [2.24, 2.45) is 5.73 Å². The highest BCUT2D eigenvalue weighted by atomic mass is 16.5. The summed E-state index contributed by atoms with van der Waals surface area (Å²) < 4.78 is 5.76. The topological polar surface area (TPSA) is 47.3 Å². The van der Waals surface area contributed by atoms with E-state index in [0.717, 1.165) is 23.6 Å². The van der Waals surface area contributed by atoms with Crippen molar-refractivity contribution in [3.63, 3.8) is 0 Å². The lowest BCUT2D eigenvalue weighted by atomic mass is 10.1. The van der Waals surface area contributed by atoms with Gasteiger partial charge in [-0.05, 0) is 42.7 Å². The first-order chi connectivity index (χ1) is 9.81. The van der Waals surface area contributed by atoms with Crippen LogP contribution >= 0.6 is 0 Å². The van der Waals surface area contributed by atoms with Gasteiger partial charge in [0, 0.05) is 18.6 Å². The molecule has 1 aliphatic carbocycles.